The molecule has 0 heterocycles. The van der Waals surface area contributed by atoms with Gasteiger partial charge in [0.25, 0.3) is 0 Å². The van der Waals surface area contributed by atoms with Crippen LogP contribution in [0.1, 0.15) is 33.6 Å². The third kappa shape index (κ3) is 5.48. The molecule has 1 aromatic carbocycles. The Labute approximate surface area is 123 Å². The Morgan fingerprint density at radius 3 is 2.65 bits per heavy atom. The molecule has 20 heavy (non-hydrogen) atoms. The van der Waals surface area contributed by atoms with E-state index in [1.165, 1.54) is 23.9 Å². The first-order valence-electron chi connectivity index (χ1n) is 6.63. The summed E-state index contributed by atoms with van der Waals surface area (Å²) >= 11 is 1.35. The molecule has 0 saturated carbocycles. The van der Waals surface area contributed by atoms with Crippen molar-refractivity contribution in [1.29, 1.82) is 5.26 Å². The number of hydrogen-bond acceptors (Lipinski definition) is 3. The topological polar surface area (TPSA) is 35.8 Å². The van der Waals surface area contributed by atoms with Gasteiger partial charge in [-0.15, -0.1) is 11.8 Å². The van der Waals surface area contributed by atoms with Crippen molar-refractivity contribution in [2.75, 3.05) is 5.75 Å². The highest BCUT2D eigenvalue weighted by Gasteiger charge is 2.23. The molecule has 0 fully saturated rings. The summed E-state index contributed by atoms with van der Waals surface area (Å²) in [5, 5.41) is 12.4. The molecule has 0 aliphatic heterocycles. The second-order valence-electron chi connectivity index (χ2n) is 5.27. The number of nitrogens with one attached hydrogen (secondary N) is 1. The van der Waals surface area contributed by atoms with Gasteiger partial charge in [0.05, 0.1) is 6.07 Å². The van der Waals surface area contributed by atoms with Crippen LogP contribution in [0.5, 0.6) is 0 Å². The summed E-state index contributed by atoms with van der Waals surface area (Å²) in [6, 6.07) is 6.12. The Balaban J connectivity index is 2.43. The van der Waals surface area contributed by atoms with Crippen LogP contribution >= 0.6 is 11.8 Å². The molecule has 5 heteroatoms. The van der Waals surface area contributed by atoms with Crippen LogP contribution in [0.25, 0.3) is 0 Å². The van der Waals surface area contributed by atoms with E-state index in [-0.39, 0.29) is 6.04 Å². The molecule has 1 unspecified atom stereocenters. The maximum atomic E-state index is 13.4. The summed E-state index contributed by atoms with van der Waals surface area (Å²) < 4.78 is 26.2. The molecule has 0 radical (unpaired) electrons. The van der Waals surface area contributed by atoms with Crippen LogP contribution in [0.2, 0.25) is 0 Å². The minimum absolute atomic E-state index is 0.238. The van der Waals surface area contributed by atoms with E-state index in [0.29, 0.717) is 17.1 Å². The van der Waals surface area contributed by atoms with E-state index in [2.05, 4.69) is 11.4 Å². The third-order valence-corrected chi connectivity index (χ3v) is 3.96. The zero-order valence-electron chi connectivity index (χ0n) is 12.0. The molecule has 0 amide bonds. The van der Waals surface area contributed by atoms with Gasteiger partial charge in [0.1, 0.15) is 17.2 Å². The van der Waals surface area contributed by atoms with E-state index >= 15 is 0 Å². The van der Waals surface area contributed by atoms with Crippen molar-refractivity contribution in [1.82, 2.24) is 5.32 Å². The molecule has 1 N–H and O–H groups in total. The van der Waals surface area contributed by atoms with Gasteiger partial charge in [0, 0.05) is 17.0 Å². The highest BCUT2D eigenvalue weighted by Crippen LogP contribution is 2.24. The molecule has 0 spiro atoms. The van der Waals surface area contributed by atoms with Gasteiger partial charge < -0.3 is 0 Å². The van der Waals surface area contributed by atoms with Crippen LogP contribution in [0.4, 0.5) is 8.78 Å². The number of benzene rings is 1. The Kier molecular flexibility index (Phi) is 6.44. The minimum Gasteiger partial charge on any atom is -0.297 e. The Morgan fingerprint density at radius 1 is 1.40 bits per heavy atom. The molecule has 1 atom stereocenters. The van der Waals surface area contributed by atoms with Crippen molar-refractivity contribution in [3.63, 3.8) is 0 Å². The number of nitriles is 1. The molecule has 110 valence electrons. The molecule has 2 nitrogen and oxygen atoms in total. The number of halogens is 2. The predicted molar refractivity (Wildman–Crippen MR) is 78.6 cm³/mol. The van der Waals surface area contributed by atoms with Crippen LogP contribution in [0.3, 0.4) is 0 Å². The minimum atomic E-state index is -0.565. The van der Waals surface area contributed by atoms with Crippen LogP contribution in [-0.2, 0) is 0 Å². The fourth-order valence-electron chi connectivity index (χ4n) is 2.00. The monoisotopic (exact) mass is 298 g/mol. The second kappa shape index (κ2) is 7.61. The molecule has 0 saturated heterocycles. The number of rotatable bonds is 7. The van der Waals surface area contributed by atoms with Crippen LogP contribution < -0.4 is 5.32 Å². The van der Waals surface area contributed by atoms with E-state index in [4.69, 9.17) is 0 Å². The molecule has 0 aromatic heterocycles. The van der Waals surface area contributed by atoms with Crippen LogP contribution in [-0.4, -0.2) is 17.3 Å². The summed E-state index contributed by atoms with van der Waals surface area (Å²) in [6.07, 6.45) is 1.47. The maximum Gasteiger partial charge on any atom is 0.139 e. The maximum absolute atomic E-state index is 13.4. The summed E-state index contributed by atoms with van der Waals surface area (Å²) in [6.45, 7) is 5.87. The average Bonchev–Trinajstić information content (AvgIpc) is 2.36. The summed E-state index contributed by atoms with van der Waals surface area (Å²) in [7, 11) is 0. The number of thioether (sulfide) groups is 1. The molecule has 0 bridgehead atoms. The van der Waals surface area contributed by atoms with Crippen LogP contribution in [0, 0.1) is 23.0 Å². The molecule has 1 rings (SSSR count). The fraction of sp³-hybridized carbons (Fsp3) is 0.533. The van der Waals surface area contributed by atoms with E-state index in [1.54, 1.807) is 0 Å². The van der Waals surface area contributed by atoms with E-state index in [9.17, 15) is 14.0 Å². The summed E-state index contributed by atoms with van der Waals surface area (Å²) in [4.78, 5) is 0.446. The van der Waals surface area contributed by atoms with Crippen LogP contribution in [0.15, 0.2) is 23.1 Å². The first-order valence-corrected chi connectivity index (χ1v) is 7.61. The second-order valence-corrected chi connectivity index (χ2v) is 6.41. The van der Waals surface area contributed by atoms with Crippen molar-refractivity contribution in [3.8, 4) is 6.07 Å². The molecule has 0 aliphatic carbocycles. The lowest BCUT2D eigenvalue weighted by Gasteiger charge is -2.25. The van der Waals surface area contributed by atoms with Gasteiger partial charge in [-0.2, -0.15) is 5.26 Å². The highest BCUT2D eigenvalue weighted by atomic mass is 32.2. The molecule has 0 aliphatic rings. The molecular formula is C15H20F2N2S. The lowest BCUT2D eigenvalue weighted by atomic mass is 9.97. The SMILES string of the molecule is CC(C)NC(C)(C#N)CCCSc1ccc(F)cc1F. The van der Waals surface area contributed by atoms with Crippen molar-refractivity contribution < 1.29 is 8.78 Å². The van der Waals surface area contributed by atoms with E-state index in [1.807, 2.05) is 20.8 Å². The van der Waals surface area contributed by atoms with Crippen molar-refractivity contribution in [3.05, 3.63) is 29.8 Å². The smallest absolute Gasteiger partial charge is 0.139 e. The largest absolute Gasteiger partial charge is 0.297 e. The lowest BCUT2D eigenvalue weighted by molar-refractivity contribution is 0.380. The quantitative estimate of drug-likeness (QED) is 0.607. The molecular weight excluding hydrogens is 278 g/mol. The Hall–Kier alpha value is -1.12. The third-order valence-electron chi connectivity index (χ3n) is 2.83. The van der Waals surface area contributed by atoms with Crippen molar-refractivity contribution in [2.24, 2.45) is 0 Å². The average molecular weight is 298 g/mol. The van der Waals surface area contributed by atoms with Gasteiger partial charge in [-0.3, -0.25) is 5.32 Å². The Bertz CT molecular complexity index is 485. The molecule has 1 aromatic rings. The highest BCUT2D eigenvalue weighted by molar-refractivity contribution is 7.99. The van der Waals surface area contributed by atoms with Crippen molar-refractivity contribution in [2.45, 2.75) is 50.1 Å². The van der Waals surface area contributed by atoms with Gasteiger partial charge >= 0.3 is 0 Å². The van der Waals surface area contributed by atoms with Gasteiger partial charge in [0.2, 0.25) is 0 Å². The zero-order valence-corrected chi connectivity index (χ0v) is 12.9. The number of hydrogen-bond donors (Lipinski definition) is 1. The normalized spacial score (nSPS) is 14.1. The van der Waals surface area contributed by atoms with Gasteiger partial charge in [-0.25, -0.2) is 8.78 Å². The Morgan fingerprint density at radius 2 is 2.10 bits per heavy atom. The van der Waals surface area contributed by atoms with Gasteiger partial charge in [0.15, 0.2) is 0 Å². The first-order chi connectivity index (χ1) is 9.36. The first kappa shape index (κ1) is 16.9. The van der Waals surface area contributed by atoms with E-state index < -0.39 is 17.2 Å². The lowest BCUT2D eigenvalue weighted by Crippen LogP contribution is -2.44. The summed E-state index contributed by atoms with van der Waals surface area (Å²) in [5.41, 5.74) is -0.559. The van der Waals surface area contributed by atoms with Gasteiger partial charge in [-0.05, 0) is 51.5 Å². The van der Waals surface area contributed by atoms with E-state index in [0.717, 1.165) is 12.5 Å². The summed E-state index contributed by atoms with van der Waals surface area (Å²) in [5.74, 6) is -0.400. The van der Waals surface area contributed by atoms with Crippen molar-refractivity contribution >= 4 is 11.8 Å². The number of nitrogens with zero attached hydrogens (tertiary/aromatic N) is 1. The van der Waals surface area contributed by atoms with Gasteiger partial charge in [-0.1, -0.05) is 0 Å². The standard InChI is InChI=1S/C15H20F2N2S/c1-11(2)19-15(3,10-18)7-4-8-20-14-6-5-12(16)9-13(14)17/h5-6,9,11,19H,4,7-8H2,1-3H3. The zero-order chi connectivity index (χ0) is 15.2. The predicted octanol–water partition coefficient (Wildman–Crippen LogP) is 4.12. The fourth-order valence-corrected chi connectivity index (χ4v) is 2.87.